The second-order valence-corrected chi connectivity index (χ2v) is 6.54. The molecule has 25 heavy (non-hydrogen) atoms. The molecule has 0 spiro atoms. The number of pyridine rings is 1. The van der Waals surface area contributed by atoms with Crippen molar-refractivity contribution in [3.63, 3.8) is 0 Å². The van der Waals surface area contributed by atoms with Crippen LogP contribution in [0, 0.1) is 6.92 Å². The largest absolute Gasteiger partial charge is 0.465 e. The van der Waals surface area contributed by atoms with Crippen molar-refractivity contribution in [2.24, 2.45) is 0 Å². The summed E-state index contributed by atoms with van der Waals surface area (Å²) >= 11 is 3.41. The molecule has 0 aliphatic rings. The zero-order valence-corrected chi connectivity index (χ0v) is 15.3. The first-order valence-corrected chi connectivity index (χ1v) is 8.23. The SMILES string of the molecule is COC(=O)c1c(N)c2ccc(Br)cc2n(-c2ccc(N)c(C)c2)c1=O. The topological polar surface area (TPSA) is 100 Å². The van der Waals surface area contributed by atoms with Gasteiger partial charge in [-0.3, -0.25) is 9.36 Å². The molecule has 7 heteroatoms. The van der Waals surface area contributed by atoms with E-state index in [4.69, 9.17) is 16.2 Å². The zero-order chi connectivity index (χ0) is 18.3. The van der Waals surface area contributed by atoms with Gasteiger partial charge in [0.05, 0.1) is 18.3 Å². The number of aryl methyl sites for hydroxylation is 1. The Hall–Kier alpha value is -2.80. The summed E-state index contributed by atoms with van der Waals surface area (Å²) < 4.78 is 6.97. The summed E-state index contributed by atoms with van der Waals surface area (Å²) in [4.78, 5) is 25.2. The highest BCUT2D eigenvalue weighted by atomic mass is 79.9. The lowest BCUT2D eigenvalue weighted by Gasteiger charge is -2.16. The lowest BCUT2D eigenvalue weighted by atomic mass is 10.1. The highest BCUT2D eigenvalue weighted by molar-refractivity contribution is 9.10. The van der Waals surface area contributed by atoms with Crippen LogP contribution in [0.5, 0.6) is 0 Å². The molecule has 3 aromatic rings. The van der Waals surface area contributed by atoms with Gasteiger partial charge >= 0.3 is 5.97 Å². The number of rotatable bonds is 2. The number of nitrogens with two attached hydrogens (primary N) is 2. The van der Waals surface area contributed by atoms with Gasteiger partial charge in [-0.25, -0.2) is 4.79 Å². The van der Waals surface area contributed by atoms with E-state index in [1.807, 2.05) is 6.92 Å². The highest BCUT2D eigenvalue weighted by Gasteiger charge is 2.22. The molecule has 0 aliphatic carbocycles. The fourth-order valence-electron chi connectivity index (χ4n) is 2.74. The number of halogens is 1. The van der Waals surface area contributed by atoms with E-state index in [-0.39, 0.29) is 11.3 Å². The van der Waals surface area contributed by atoms with Crippen molar-refractivity contribution in [3.05, 3.63) is 62.4 Å². The molecular weight excluding hydrogens is 386 g/mol. The molecule has 1 heterocycles. The average Bonchev–Trinajstić information content (AvgIpc) is 2.57. The fraction of sp³-hybridized carbons (Fsp3) is 0.111. The molecule has 0 saturated heterocycles. The standard InChI is InChI=1S/C18H16BrN3O3/c1-9-7-11(4-6-13(9)20)22-14-8-10(19)3-5-12(14)16(21)15(17(22)23)18(24)25-2/h3-8H,20-21H2,1-2H3. The number of carbonyl (C=O) groups excluding carboxylic acids is 1. The number of anilines is 2. The molecule has 2 aromatic carbocycles. The second kappa shape index (κ2) is 6.25. The Kier molecular flexibility index (Phi) is 4.26. The molecule has 0 aliphatic heterocycles. The summed E-state index contributed by atoms with van der Waals surface area (Å²) in [6.45, 7) is 1.85. The number of esters is 1. The van der Waals surface area contributed by atoms with E-state index in [0.29, 0.717) is 22.3 Å². The van der Waals surface area contributed by atoms with Gasteiger partial charge in [-0.05, 0) is 48.9 Å². The van der Waals surface area contributed by atoms with E-state index >= 15 is 0 Å². The first-order valence-electron chi connectivity index (χ1n) is 7.43. The van der Waals surface area contributed by atoms with Crippen LogP contribution in [0.2, 0.25) is 0 Å². The number of nitrogen functional groups attached to an aromatic ring is 2. The van der Waals surface area contributed by atoms with Gasteiger partial charge < -0.3 is 16.2 Å². The number of nitrogens with zero attached hydrogens (tertiary/aromatic N) is 1. The molecule has 3 rings (SSSR count). The van der Waals surface area contributed by atoms with E-state index in [9.17, 15) is 9.59 Å². The van der Waals surface area contributed by atoms with Crippen LogP contribution < -0.4 is 17.0 Å². The van der Waals surface area contributed by atoms with Crippen molar-refractivity contribution in [1.29, 1.82) is 0 Å². The zero-order valence-electron chi connectivity index (χ0n) is 13.7. The van der Waals surface area contributed by atoms with Crippen LogP contribution in [-0.4, -0.2) is 17.6 Å². The predicted octanol–water partition coefficient (Wildman–Crippen LogP) is 3.01. The number of hydrogen-bond donors (Lipinski definition) is 2. The lowest BCUT2D eigenvalue weighted by molar-refractivity contribution is 0.0600. The summed E-state index contributed by atoms with van der Waals surface area (Å²) in [5.41, 5.74) is 13.9. The molecule has 0 amide bonds. The van der Waals surface area contributed by atoms with Crippen molar-refractivity contribution in [1.82, 2.24) is 4.57 Å². The van der Waals surface area contributed by atoms with Crippen LogP contribution in [0.25, 0.3) is 16.6 Å². The molecule has 1 aromatic heterocycles. The first kappa shape index (κ1) is 17.0. The molecule has 4 N–H and O–H groups in total. The van der Waals surface area contributed by atoms with Gasteiger partial charge in [0.2, 0.25) is 0 Å². The number of benzene rings is 2. The third-order valence-corrected chi connectivity index (χ3v) is 4.57. The molecule has 0 unspecified atom stereocenters. The molecule has 6 nitrogen and oxygen atoms in total. The Balaban J connectivity index is 2.51. The molecule has 0 fully saturated rings. The molecule has 0 radical (unpaired) electrons. The third-order valence-electron chi connectivity index (χ3n) is 4.08. The third kappa shape index (κ3) is 2.76. The summed E-state index contributed by atoms with van der Waals surface area (Å²) in [5, 5.41) is 0.581. The predicted molar refractivity (Wildman–Crippen MR) is 102 cm³/mol. The second-order valence-electron chi connectivity index (χ2n) is 5.62. The van der Waals surface area contributed by atoms with Gasteiger partial charge in [0.15, 0.2) is 0 Å². The number of fused-ring (bicyclic) bond motifs is 1. The van der Waals surface area contributed by atoms with Gasteiger partial charge in [0.25, 0.3) is 5.56 Å². The molecular formula is C18H16BrN3O3. The highest BCUT2D eigenvalue weighted by Crippen LogP contribution is 2.28. The maximum absolute atomic E-state index is 13.0. The molecule has 0 atom stereocenters. The van der Waals surface area contributed by atoms with Gasteiger partial charge in [-0.2, -0.15) is 0 Å². The van der Waals surface area contributed by atoms with Crippen molar-refractivity contribution < 1.29 is 9.53 Å². The Labute approximate surface area is 152 Å². The molecule has 0 saturated carbocycles. The number of aromatic nitrogens is 1. The van der Waals surface area contributed by atoms with E-state index in [0.717, 1.165) is 10.0 Å². The van der Waals surface area contributed by atoms with Crippen LogP contribution in [0.1, 0.15) is 15.9 Å². The number of carbonyl (C=O) groups is 1. The molecule has 0 bridgehead atoms. The number of hydrogen-bond acceptors (Lipinski definition) is 5. The quantitative estimate of drug-likeness (QED) is 0.507. The summed E-state index contributed by atoms with van der Waals surface area (Å²) in [6, 6.07) is 10.6. The minimum Gasteiger partial charge on any atom is -0.465 e. The van der Waals surface area contributed by atoms with Crippen LogP contribution in [0.15, 0.2) is 45.7 Å². The monoisotopic (exact) mass is 401 g/mol. The Morgan fingerprint density at radius 2 is 1.88 bits per heavy atom. The minimum absolute atomic E-state index is 0.0998. The average molecular weight is 402 g/mol. The van der Waals surface area contributed by atoms with E-state index < -0.39 is 11.5 Å². The normalized spacial score (nSPS) is 10.8. The molecule has 128 valence electrons. The summed E-state index contributed by atoms with van der Waals surface area (Å²) in [7, 11) is 1.21. The van der Waals surface area contributed by atoms with E-state index in [1.54, 1.807) is 36.4 Å². The Morgan fingerprint density at radius 3 is 2.52 bits per heavy atom. The summed E-state index contributed by atoms with van der Waals surface area (Å²) in [6.07, 6.45) is 0. The Morgan fingerprint density at radius 1 is 1.16 bits per heavy atom. The number of methoxy groups -OCH3 is 1. The van der Waals surface area contributed by atoms with Gasteiger partial charge in [0, 0.05) is 21.2 Å². The lowest BCUT2D eigenvalue weighted by Crippen LogP contribution is -2.28. The first-order chi connectivity index (χ1) is 11.8. The van der Waals surface area contributed by atoms with Crippen LogP contribution in [0.3, 0.4) is 0 Å². The maximum Gasteiger partial charge on any atom is 0.345 e. The van der Waals surface area contributed by atoms with E-state index in [1.165, 1.54) is 11.7 Å². The van der Waals surface area contributed by atoms with Crippen molar-refractivity contribution >= 4 is 44.2 Å². The minimum atomic E-state index is -0.770. The van der Waals surface area contributed by atoms with Gasteiger partial charge in [-0.15, -0.1) is 0 Å². The van der Waals surface area contributed by atoms with Crippen molar-refractivity contribution in [3.8, 4) is 5.69 Å². The van der Waals surface area contributed by atoms with Crippen molar-refractivity contribution in [2.75, 3.05) is 18.6 Å². The maximum atomic E-state index is 13.0. The Bertz CT molecular complexity index is 1070. The van der Waals surface area contributed by atoms with Gasteiger partial charge in [0.1, 0.15) is 5.56 Å². The van der Waals surface area contributed by atoms with Crippen LogP contribution in [0.4, 0.5) is 11.4 Å². The van der Waals surface area contributed by atoms with E-state index in [2.05, 4.69) is 15.9 Å². The summed E-state index contributed by atoms with van der Waals surface area (Å²) in [5.74, 6) is -0.770. The van der Waals surface area contributed by atoms with Crippen LogP contribution >= 0.6 is 15.9 Å². The fourth-order valence-corrected chi connectivity index (χ4v) is 3.09. The number of ether oxygens (including phenoxy) is 1. The van der Waals surface area contributed by atoms with Gasteiger partial charge in [-0.1, -0.05) is 15.9 Å². The van der Waals surface area contributed by atoms with Crippen molar-refractivity contribution in [2.45, 2.75) is 6.92 Å². The smallest absolute Gasteiger partial charge is 0.345 e. The van der Waals surface area contributed by atoms with Crippen LogP contribution in [-0.2, 0) is 4.74 Å².